The second kappa shape index (κ2) is 9.13. The third-order valence-corrected chi connectivity index (χ3v) is 5.15. The van der Waals surface area contributed by atoms with Crippen LogP contribution in [0.5, 0.6) is 0 Å². The number of sulfone groups is 1. The molecule has 0 aliphatic carbocycles. The Bertz CT molecular complexity index is 303. The summed E-state index contributed by atoms with van der Waals surface area (Å²) in [5.74, 6) is 0.576. The van der Waals surface area contributed by atoms with E-state index < -0.39 is 9.84 Å². The minimum absolute atomic E-state index is 0. The molecule has 18 heavy (non-hydrogen) atoms. The van der Waals surface area contributed by atoms with Crippen LogP contribution in [0.2, 0.25) is 0 Å². The maximum Gasteiger partial charge on any atom is 0.151 e. The van der Waals surface area contributed by atoms with Gasteiger partial charge in [-0.1, -0.05) is 13.8 Å². The molecule has 1 N–H and O–H groups in total. The van der Waals surface area contributed by atoms with Crippen molar-refractivity contribution in [2.24, 2.45) is 0 Å². The minimum atomic E-state index is -2.83. The van der Waals surface area contributed by atoms with Gasteiger partial charge in [0.1, 0.15) is 0 Å². The van der Waals surface area contributed by atoms with Gasteiger partial charge in [0, 0.05) is 18.3 Å². The lowest BCUT2D eigenvalue weighted by Gasteiger charge is -2.34. The van der Waals surface area contributed by atoms with Crippen molar-refractivity contribution >= 4 is 22.2 Å². The first-order valence-corrected chi connectivity index (χ1v) is 8.56. The van der Waals surface area contributed by atoms with Gasteiger partial charge in [-0.25, -0.2) is 8.42 Å². The first-order valence-electron chi connectivity index (χ1n) is 6.74. The second-order valence-corrected chi connectivity index (χ2v) is 7.23. The van der Waals surface area contributed by atoms with Gasteiger partial charge in [0.25, 0.3) is 0 Å². The third-order valence-electron chi connectivity index (χ3n) is 3.47. The van der Waals surface area contributed by atoms with E-state index in [1.165, 1.54) is 0 Å². The Labute approximate surface area is 118 Å². The van der Waals surface area contributed by atoms with Gasteiger partial charge in [0.05, 0.1) is 5.75 Å². The number of nitrogens with one attached hydrogen (secondary N) is 1. The first kappa shape index (κ1) is 18.2. The molecule has 1 aliphatic rings. The molecule has 4 nitrogen and oxygen atoms in total. The number of piperidine rings is 1. The van der Waals surface area contributed by atoms with E-state index in [1.807, 2.05) is 0 Å². The summed E-state index contributed by atoms with van der Waals surface area (Å²) in [4.78, 5) is 2.37. The maximum absolute atomic E-state index is 11.6. The Kier molecular flexibility index (Phi) is 9.21. The minimum Gasteiger partial charge on any atom is -0.317 e. The highest BCUT2D eigenvalue weighted by molar-refractivity contribution is 7.91. The fourth-order valence-corrected chi connectivity index (χ4v) is 3.14. The SMILES string of the molecule is CCCN(CCS(=O)(=O)CC)C1CCNCC1.Cl. The lowest BCUT2D eigenvalue weighted by molar-refractivity contribution is 0.171. The molecule has 110 valence electrons. The molecule has 0 bridgehead atoms. The highest BCUT2D eigenvalue weighted by Crippen LogP contribution is 2.12. The highest BCUT2D eigenvalue weighted by Gasteiger charge is 2.21. The van der Waals surface area contributed by atoms with Crippen molar-refractivity contribution in [3.05, 3.63) is 0 Å². The van der Waals surface area contributed by atoms with E-state index >= 15 is 0 Å². The van der Waals surface area contributed by atoms with Crippen LogP contribution in [0.4, 0.5) is 0 Å². The number of hydrogen-bond acceptors (Lipinski definition) is 4. The molecule has 1 saturated heterocycles. The van der Waals surface area contributed by atoms with Gasteiger partial charge >= 0.3 is 0 Å². The zero-order chi connectivity index (χ0) is 12.7. The second-order valence-electron chi connectivity index (χ2n) is 4.75. The number of nitrogens with zero attached hydrogens (tertiary/aromatic N) is 1. The number of rotatable bonds is 7. The number of hydrogen-bond donors (Lipinski definition) is 1. The van der Waals surface area contributed by atoms with Crippen molar-refractivity contribution in [2.75, 3.05) is 37.7 Å². The van der Waals surface area contributed by atoms with Gasteiger partial charge in [-0.2, -0.15) is 0 Å². The molecule has 1 heterocycles. The summed E-state index contributed by atoms with van der Waals surface area (Å²) in [6, 6.07) is 0.572. The van der Waals surface area contributed by atoms with Crippen molar-refractivity contribution in [3.63, 3.8) is 0 Å². The largest absolute Gasteiger partial charge is 0.317 e. The van der Waals surface area contributed by atoms with Gasteiger partial charge in [-0.05, 0) is 38.9 Å². The van der Waals surface area contributed by atoms with E-state index in [-0.39, 0.29) is 18.2 Å². The molecular formula is C12H27ClN2O2S. The van der Waals surface area contributed by atoms with Crippen LogP contribution in [0.15, 0.2) is 0 Å². The van der Waals surface area contributed by atoms with Crippen molar-refractivity contribution in [1.29, 1.82) is 0 Å². The molecule has 0 aromatic heterocycles. The van der Waals surface area contributed by atoms with Gasteiger partial charge < -0.3 is 5.32 Å². The zero-order valence-electron chi connectivity index (χ0n) is 11.5. The van der Waals surface area contributed by atoms with Crippen LogP contribution in [0.25, 0.3) is 0 Å². The predicted octanol–water partition coefficient (Wildman–Crippen LogP) is 1.31. The first-order chi connectivity index (χ1) is 8.09. The molecule has 6 heteroatoms. The average Bonchev–Trinajstić information content (AvgIpc) is 2.35. The Morgan fingerprint density at radius 3 is 2.28 bits per heavy atom. The van der Waals surface area contributed by atoms with E-state index in [4.69, 9.17) is 0 Å². The van der Waals surface area contributed by atoms with Crippen LogP contribution < -0.4 is 5.32 Å². The molecule has 1 rings (SSSR count). The molecule has 0 amide bonds. The fourth-order valence-electron chi connectivity index (χ4n) is 2.34. The molecule has 0 spiro atoms. The summed E-state index contributed by atoms with van der Waals surface area (Å²) in [7, 11) is -2.83. The summed E-state index contributed by atoms with van der Waals surface area (Å²) in [6.07, 6.45) is 3.38. The maximum atomic E-state index is 11.6. The Balaban J connectivity index is 0.00000289. The molecule has 0 radical (unpaired) electrons. The molecule has 0 saturated carbocycles. The monoisotopic (exact) mass is 298 g/mol. The molecule has 0 unspecified atom stereocenters. The highest BCUT2D eigenvalue weighted by atomic mass is 35.5. The van der Waals surface area contributed by atoms with Crippen molar-refractivity contribution < 1.29 is 8.42 Å². The lowest BCUT2D eigenvalue weighted by Crippen LogP contribution is -2.45. The summed E-state index contributed by atoms with van der Waals surface area (Å²) in [5.41, 5.74) is 0. The molecule has 0 aromatic rings. The average molecular weight is 299 g/mol. The summed E-state index contributed by atoms with van der Waals surface area (Å²) in [5, 5.41) is 3.35. The predicted molar refractivity (Wildman–Crippen MR) is 79.3 cm³/mol. The van der Waals surface area contributed by atoms with E-state index in [0.717, 1.165) is 38.9 Å². The smallest absolute Gasteiger partial charge is 0.151 e. The van der Waals surface area contributed by atoms with Gasteiger partial charge in [0.2, 0.25) is 0 Å². The third kappa shape index (κ3) is 6.36. The summed E-state index contributed by atoms with van der Waals surface area (Å²) in [6.45, 7) is 7.72. The molecule has 0 aromatic carbocycles. The van der Waals surface area contributed by atoms with Crippen LogP contribution in [-0.4, -0.2) is 57.0 Å². The van der Waals surface area contributed by atoms with Crippen molar-refractivity contribution in [2.45, 2.75) is 39.2 Å². The van der Waals surface area contributed by atoms with E-state index in [0.29, 0.717) is 18.3 Å². The fraction of sp³-hybridized carbons (Fsp3) is 1.00. The molecule has 1 aliphatic heterocycles. The van der Waals surface area contributed by atoms with Crippen molar-refractivity contribution in [3.8, 4) is 0 Å². The van der Waals surface area contributed by atoms with Gasteiger partial charge in [-0.15, -0.1) is 12.4 Å². The van der Waals surface area contributed by atoms with Crippen molar-refractivity contribution in [1.82, 2.24) is 10.2 Å². The number of halogens is 1. The van der Waals surface area contributed by atoms with E-state index in [2.05, 4.69) is 17.1 Å². The van der Waals surface area contributed by atoms with Crippen LogP contribution in [0.3, 0.4) is 0 Å². The van der Waals surface area contributed by atoms with Crippen LogP contribution in [0, 0.1) is 0 Å². The normalized spacial score (nSPS) is 17.7. The van der Waals surface area contributed by atoms with Crippen LogP contribution in [-0.2, 0) is 9.84 Å². The Morgan fingerprint density at radius 2 is 1.78 bits per heavy atom. The quantitative estimate of drug-likeness (QED) is 0.770. The van der Waals surface area contributed by atoms with Crippen LogP contribution in [0.1, 0.15) is 33.1 Å². The molecule has 0 atom stereocenters. The molecule has 1 fully saturated rings. The zero-order valence-corrected chi connectivity index (χ0v) is 13.2. The van der Waals surface area contributed by atoms with Gasteiger partial charge in [-0.3, -0.25) is 4.90 Å². The van der Waals surface area contributed by atoms with E-state index in [1.54, 1.807) is 6.92 Å². The summed E-state index contributed by atoms with van der Waals surface area (Å²) < 4.78 is 23.1. The Morgan fingerprint density at radius 1 is 1.17 bits per heavy atom. The van der Waals surface area contributed by atoms with Crippen LogP contribution >= 0.6 is 12.4 Å². The standard InChI is InChI=1S/C12H26N2O2S.ClH/c1-3-9-14(10-11-17(15,16)4-2)12-5-7-13-8-6-12;/h12-13H,3-11H2,1-2H3;1H. The Hall–Kier alpha value is 0.160. The van der Waals surface area contributed by atoms with Gasteiger partial charge in [0.15, 0.2) is 9.84 Å². The van der Waals surface area contributed by atoms with E-state index in [9.17, 15) is 8.42 Å². The topological polar surface area (TPSA) is 49.4 Å². The summed E-state index contributed by atoms with van der Waals surface area (Å²) >= 11 is 0. The molecular weight excluding hydrogens is 272 g/mol. The lowest BCUT2D eigenvalue weighted by atomic mass is 10.0.